The molecule has 1 aromatic heterocycles. The molecule has 0 aliphatic carbocycles. The third-order valence-corrected chi connectivity index (χ3v) is 2.26. The van der Waals surface area contributed by atoms with Crippen molar-refractivity contribution in [3.8, 4) is 0 Å². The standard InChI is InChI=1S/C10H3F6NO/c11-3-1-4(12)8(13)9-7(3)5(18)2-6(17-9)10(14,15)16/h1-2H,(H,17,18). The average molecular weight is 267 g/mol. The predicted octanol–water partition coefficient (Wildman–Crippen LogP) is 2.96. The van der Waals surface area contributed by atoms with E-state index >= 15 is 0 Å². The average Bonchev–Trinajstić information content (AvgIpc) is 2.23. The van der Waals surface area contributed by atoms with Crippen LogP contribution in [0.25, 0.3) is 10.9 Å². The number of H-pyrrole nitrogens is 1. The molecule has 8 heteroatoms. The van der Waals surface area contributed by atoms with Crippen LogP contribution in [0.1, 0.15) is 5.69 Å². The maximum Gasteiger partial charge on any atom is 0.431 e. The third-order valence-electron chi connectivity index (χ3n) is 2.26. The molecule has 96 valence electrons. The molecule has 2 rings (SSSR count). The SMILES string of the molecule is O=c1cc(C(F)(F)F)[nH]c2c(F)c(F)cc(F)c12. The lowest BCUT2D eigenvalue weighted by molar-refractivity contribution is -0.141. The van der Waals surface area contributed by atoms with Crippen LogP contribution in [0.4, 0.5) is 26.3 Å². The van der Waals surface area contributed by atoms with E-state index in [9.17, 15) is 31.1 Å². The second kappa shape index (κ2) is 3.76. The van der Waals surface area contributed by atoms with E-state index in [0.29, 0.717) is 0 Å². The molecular weight excluding hydrogens is 264 g/mol. The fourth-order valence-electron chi connectivity index (χ4n) is 1.48. The van der Waals surface area contributed by atoms with Crippen molar-refractivity contribution in [2.45, 2.75) is 6.18 Å². The second-order valence-electron chi connectivity index (χ2n) is 3.45. The van der Waals surface area contributed by atoms with Crippen LogP contribution >= 0.6 is 0 Å². The molecule has 0 amide bonds. The van der Waals surface area contributed by atoms with Crippen LogP contribution in [0.5, 0.6) is 0 Å². The van der Waals surface area contributed by atoms with Gasteiger partial charge in [-0.25, -0.2) is 13.2 Å². The molecule has 0 saturated heterocycles. The Morgan fingerprint density at radius 2 is 1.61 bits per heavy atom. The molecule has 0 atom stereocenters. The third kappa shape index (κ3) is 1.83. The van der Waals surface area contributed by atoms with Crippen molar-refractivity contribution in [3.63, 3.8) is 0 Å². The van der Waals surface area contributed by atoms with Crippen LogP contribution in [0, 0.1) is 17.5 Å². The highest BCUT2D eigenvalue weighted by molar-refractivity contribution is 5.80. The highest BCUT2D eigenvalue weighted by Crippen LogP contribution is 2.29. The number of fused-ring (bicyclic) bond motifs is 1. The van der Waals surface area contributed by atoms with E-state index in [1.54, 1.807) is 0 Å². The zero-order valence-corrected chi connectivity index (χ0v) is 8.33. The number of alkyl halides is 3. The predicted molar refractivity (Wildman–Crippen MR) is 49.4 cm³/mol. The summed E-state index contributed by atoms with van der Waals surface area (Å²) in [4.78, 5) is 12.8. The molecule has 18 heavy (non-hydrogen) atoms. The van der Waals surface area contributed by atoms with Crippen LogP contribution in [-0.2, 0) is 6.18 Å². The molecule has 2 aromatic rings. The number of hydrogen-bond donors (Lipinski definition) is 1. The van der Waals surface area contributed by atoms with Gasteiger partial charge in [0.1, 0.15) is 11.5 Å². The van der Waals surface area contributed by atoms with Gasteiger partial charge in [-0.1, -0.05) is 0 Å². The number of benzene rings is 1. The Morgan fingerprint density at radius 1 is 1.00 bits per heavy atom. The summed E-state index contributed by atoms with van der Waals surface area (Å²) >= 11 is 0. The topological polar surface area (TPSA) is 32.9 Å². The summed E-state index contributed by atoms with van der Waals surface area (Å²) in [5, 5.41) is -0.957. The molecule has 0 bridgehead atoms. The van der Waals surface area contributed by atoms with Gasteiger partial charge in [0.15, 0.2) is 17.1 Å². The first-order valence-corrected chi connectivity index (χ1v) is 4.49. The molecule has 0 radical (unpaired) electrons. The maximum absolute atomic E-state index is 13.2. The van der Waals surface area contributed by atoms with E-state index in [1.165, 1.54) is 4.98 Å². The van der Waals surface area contributed by atoms with Gasteiger partial charge in [-0.2, -0.15) is 13.2 Å². The van der Waals surface area contributed by atoms with Gasteiger partial charge in [0, 0.05) is 12.1 Å². The van der Waals surface area contributed by atoms with Gasteiger partial charge >= 0.3 is 6.18 Å². The number of aromatic nitrogens is 1. The highest BCUT2D eigenvalue weighted by Gasteiger charge is 2.33. The summed E-state index contributed by atoms with van der Waals surface area (Å²) in [5.74, 6) is -4.86. The molecule has 1 aromatic carbocycles. The first-order valence-electron chi connectivity index (χ1n) is 4.49. The van der Waals surface area contributed by atoms with E-state index in [0.717, 1.165) is 0 Å². The van der Waals surface area contributed by atoms with E-state index in [2.05, 4.69) is 0 Å². The van der Waals surface area contributed by atoms with Crippen LogP contribution in [0.15, 0.2) is 16.9 Å². The zero-order valence-electron chi connectivity index (χ0n) is 8.33. The Morgan fingerprint density at radius 3 is 2.17 bits per heavy atom. The van der Waals surface area contributed by atoms with Gasteiger partial charge in [0.25, 0.3) is 0 Å². The molecule has 0 unspecified atom stereocenters. The molecular formula is C10H3F6NO. The minimum atomic E-state index is -4.96. The largest absolute Gasteiger partial charge is 0.431 e. The monoisotopic (exact) mass is 267 g/mol. The molecule has 0 aliphatic heterocycles. The van der Waals surface area contributed by atoms with Gasteiger partial charge in [-0.15, -0.1) is 0 Å². The molecule has 0 fully saturated rings. The van der Waals surface area contributed by atoms with Gasteiger partial charge in [-0.3, -0.25) is 4.79 Å². The number of nitrogens with one attached hydrogen (secondary N) is 1. The van der Waals surface area contributed by atoms with Crippen molar-refractivity contribution >= 4 is 10.9 Å². The fourth-order valence-corrected chi connectivity index (χ4v) is 1.48. The van der Waals surface area contributed by atoms with Crippen LogP contribution < -0.4 is 5.43 Å². The Kier molecular flexibility index (Phi) is 2.60. The van der Waals surface area contributed by atoms with Gasteiger partial charge in [0.05, 0.1) is 10.9 Å². The van der Waals surface area contributed by atoms with Crippen molar-refractivity contribution in [3.05, 3.63) is 45.5 Å². The van der Waals surface area contributed by atoms with E-state index in [1.807, 2.05) is 0 Å². The van der Waals surface area contributed by atoms with Gasteiger partial charge in [0.2, 0.25) is 0 Å². The maximum atomic E-state index is 13.2. The van der Waals surface area contributed by atoms with Crippen molar-refractivity contribution in [1.82, 2.24) is 4.98 Å². The fraction of sp³-hybridized carbons (Fsp3) is 0.100. The molecule has 1 heterocycles. The molecule has 0 saturated carbocycles. The minimum Gasteiger partial charge on any atom is -0.348 e. The summed E-state index contributed by atoms with van der Waals surface area (Å²) in [6.07, 6.45) is -4.96. The van der Waals surface area contributed by atoms with Crippen LogP contribution in [-0.4, -0.2) is 4.98 Å². The molecule has 0 aliphatic rings. The first-order chi connectivity index (χ1) is 8.21. The number of hydrogen-bond acceptors (Lipinski definition) is 1. The summed E-state index contributed by atoms with van der Waals surface area (Å²) in [7, 11) is 0. The number of rotatable bonds is 0. The Hall–Kier alpha value is -1.99. The summed E-state index contributed by atoms with van der Waals surface area (Å²) in [6.45, 7) is 0. The second-order valence-corrected chi connectivity index (χ2v) is 3.45. The Balaban J connectivity index is 2.97. The van der Waals surface area contributed by atoms with Gasteiger partial charge < -0.3 is 4.98 Å². The molecule has 1 N–H and O–H groups in total. The van der Waals surface area contributed by atoms with Gasteiger partial charge in [-0.05, 0) is 0 Å². The van der Waals surface area contributed by atoms with Crippen molar-refractivity contribution < 1.29 is 26.3 Å². The number of aromatic amines is 1. The molecule has 2 nitrogen and oxygen atoms in total. The highest BCUT2D eigenvalue weighted by atomic mass is 19.4. The van der Waals surface area contributed by atoms with E-state index < -0.39 is 45.7 Å². The summed E-state index contributed by atoms with van der Waals surface area (Å²) < 4.78 is 76.4. The Bertz CT molecular complexity index is 687. The van der Waals surface area contributed by atoms with E-state index in [-0.39, 0.29) is 12.1 Å². The normalized spacial score (nSPS) is 12.1. The molecule has 0 spiro atoms. The zero-order chi connectivity index (χ0) is 13.7. The smallest absolute Gasteiger partial charge is 0.348 e. The summed E-state index contributed by atoms with van der Waals surface area (Å²) in [5.41, 5.74) is -4.11. The Labute approximate surface area is 94.9 Å². The lowest BCUT2D eigenvalue weighted by Crippen LogP contribution is -2.15. The van der Waals surface area contributed by atoms with Crippen molar-refractivity contribution in [2.24, 2.45) is 0 Å². The van der Waals surface area contributed by atoms with Crippen molar-refractivity contribution in [1.29, 1.82) is 0 Å². The number of halogens is 6. The summed E-state index contributed by atoms with van der Waals surface area (Å²) in [6, 6.07) is 0.183. The van der Waals surface area contributed by atoms with Crippen molar-refractivity contribution in [2.75, 3.05) is 0 Å². The van der Waals surface area contributed by atoms with E-state index in [4.69, 9.17) is 0 Å². The minimum absolute atomic E-state index is 0.0861. The van der Waals surface area contributed by atoms with Crippen LogP contribution in [0.3, 0.4) is 0 Å². The first kappa shape index (κ1) is 12.5. The lowest BCUT2D eigenvalue weighted by atomic mass is 10.1. The number of pyridine rings is 1. The van der Waals surface area contributed by atoms with Crippen LogP contribution in [0.2, 0.25) is 0 Å². The lowest BCUT2D eigenvalue weighted by Gasteiger charge is -2.09. The quantitative estimate of drug-likeness (QED) is 0.577.